The Bertz CT molecular complexity index is 261. The number of ketones is 1. The summed E-state index contributed by atoms with van der Waals surface area (Å²) in [6, 6.07) is 0.388. The summed E-state index contributed by atoms with van der Waals surface area (Å²) in [5, 5.41) is 0. The van der Waals surface area contributed by atoms with Crippen molar-refractivity contribution in [3.63, 3.8) is 0 Å². The minimum atomic E-state index is 0.269. The summed E-state index contributed by atoms with van der Waals surface area (Å²) in [5.41, 5.74) is 0. The predicted octanol–water partition coefficient (Wildman–Crippen LogP) is 2.25. The molecule has 0 N–H and O–H groups in total. The lowest BCUT2D eigenvalue weighted by atomic mass is 9.86. The van der Waals surface area contributed by atoms with Crippen LogP contribution in [0.5, 0.6) is 0 Å². The molecule has 17 heavy (non-hydrogen) atoms. The van der Waals surface area contributed by atoms with Crippen LogP contribution in [0.2, 0.25) is 0 Å². The first-order chi connectivity index (χ1) is 8.16. The van der Waals surface area contributed by atoms with Crippen molar-refractivity contribution in [1.82, 2.24) is 4.90 Å². The number of hydrogen-bond acceptors (Lipinski definition) is 3. The van der Waals surface area contributed by atoms with Gasteiger partial charge in [-0.05, 0) is 26.7 Å². The Hall–Kier alpha value is -0.410. The van der Waals surface area contributed by atoms with Gasteiger partial charge in [0.2, 0.25) is 0 Å². The van der Waals surface area contributed by atoms with Crippen molar-refractivity contribution in [2.24, 2.45) is 5.92 Å². The molecule has 2 fully saturated rings. The SMILES string of the molecule is CC1CN(CC(=O)C2CCCCC2)C(C)CO1. The molecule has 98 valence electrons. The predicted molar refractivity (Wildman–Crippen MR) is 68.0 cm³/mol. The third-order valence-electron chi connectivity index (χ3n) is 4.16. The normalized spacial score (nSPS) is 32.6. The molecule has 0 bridgehead atoms. The van der Waals surface area contributed by atoms with Crippen molar-refractivity contribution in [3.8, 4) is 0 Å². The quantitative estimate of drug-likeness (QED) is 0.756. The molecular weight excluding hydrogens is 214 g/mol. The van der Waals surface area contributed by atoms with Crippen LogP contribution in [-0.4, -0.2) is 42.5 Å². The fourth-order valence-corrected chi connectivity index (χ4v) is 2.95. The molecule has 1 aliphatic carbocycles. The molecule has 2 aliphatic rings. The van der Waals surface area contributed by atoms with Gasteiger partial charge in [-0.2, -0.15) is 0 Å². The van der Waals surface area contributed by atoms with Crippen LogP contribution in [0.25, 0.3) is 0 Å². The van der Waals surface area contributed by atoms with E-state index in [-0.39, 0.29) is 6.10 Å². The molecule has 1 aliphatic heterocycles. The zero-order chi connectivity index (χ0) is 12.3. The van der Waals surface area contributed by atoms with Gasteiger partial charge in [0.1, 0.15) is 5.78 Å². The highest BCUT2D eigenvalue weighted by atomic mass is 16.5. The fourth-order valence-electron chi connectivity index (χ4n) is 2.95. The van der Waals surface area contributed by atoms with Gasteiger partial charge in [-0.25, -0.2) is 0 Å². The number of carbonyl (C=O) groups excluding carboxylic acids is 1. The number of carbonyl (C=O) groups is 1. The lowest BCUT2D eigenvalue weighted by Crippen LogP contribution is -2.50. The minimum absolute atomic E-state index is 0.269. The molecule has 3 nitrogen and oxygen atoms in total. The monoisotopic (exact) mass is 239 g/mol. The van der Waals surface area contributed by atoms with Crippen molar-refractivity contribution in [3.05, 3.63) is 0 Å². The van der Waals surface area contributed by atoms with Gasteiger partial charge in [-0.3, -0.25) is 9.69 Å². The third-order valence-corrected chi connectivity index (χ3v) is 4.16. The molecule has 2 atom stereocenters. The molecule has 1 saturated carbocycles. The Morgan fingerprint density at radius 3 is 2.65 bits per heavy atom. The van der Waals surface area contributed by atoms with Crippen molar-refractivity contribution >= 4 is 5.78 Å². The average Bonchev–Trinajstić information content (AvgIpc) is 2.35. The zero-order valence-electron chi connectivity index (χ0n) is 11.2. The molecule has 0 aromatic carbocycles. The molecule has 1 saturated heterocycles. The van der Waals surface area contributed by atoms with Crippen LogP contribution in [0.1, 0.15) is 46.0 Å². The van der Waals surface area contributed by atoms with E-state index in [1.165, 1.54) is 19.3 Å². The summed E-state index contributed by atoms with van der Waals surface area (Å²) >= 11 is 0. The topological polar surface area (TPSA) is 29.5 Å². The standard InChI is InChI=1S/C14H25NO2/c1-11-10-17-12(2)8-15(11)9-14(16)13-6-4-3-5-7-13/h11-13H,3-10H2,1-2H3. The lowest BCUT2D eigenvalue weighted by Gasteiger charge is -2.37. The Balaban J connectivity index is 1.83. The molecule has 1 heterocycles. The van der Waals surface area contributed by atoms with Crippen LogP contribution in [0, 0.1) is 5.92 Å². The van der Waals surface area contributed by atoms with Crippen molar-refractivity contribution in [1.29, 1.82) is 0 Å². The van der Waals surface area contributed by atoms with Crippen LogP contribution < -0.4 is 0 Å². The number of ether oxygens (including phenoxy) is 1. The van der Waals surface area contributed by atoms with E-state index in [1.54, 1.807) is 0 Å². The minimum Gasteiger partial charge on any atom is -0.376 e. The summed E-state index contributed by atoms with van der Waals surface area (Å²) in [7, 11) is 0. The second kappa shape index (κ2) is 5.96. The maximum absolute atomic E-state index is 12.2. The summed E-state index contributed by atoms with van der Waals surface area (Å²) in [4.78, 5) is 14.5. The van der Waals surface area contributed by atoms with E-state index in [1.807, 2.05) is 0 Å². The number of Topliss-reactive ketones (excluding diaryl/α,β-unsaturated/α-hetero) is 1. The molecule has 0 amide bonds. The number of nitrogens with zero attached hydrogens (tertiary/aromatic N) is 1. The first-order valence-corrected chi connectivity index (χ1v) is 7.05. The van der Waals surface area contributed by atoms with E-state index >= 15 is 0 Å². The van der Waals surface area contributed by atoms with E-state index in [0.717, 1.165) is 26.0 Å². The fraction of sp³-hybridized carbons (Fsp3) is 0.929. The molecule has 0 aromatic rings. The Labute approximate surface area is 105 Å². The van der Waals surface area contributed by atoms with Crippen LogP contribution in [-0.2, 0) is 9.53 Å². The van der Waals surface area contributed by atoms with Gasteiger partial charge in [0.15, 0.2) is 0 Å². The van der Waals surface area contributed by atoms with E-state index in [2.05, 4.69) is 18.7 Å². The molecule has 2 rings (SSSR count). The second-order valence-electron chi connectivity index (χ2n) is 5.72. The maximum Gasteiger partial charge on any atom is 0.149 e. The summed E-state index contributed by atoms with van der Waals surface area (Å²) < 4.78 is 5.59. The summed E-state index contributed by atoms with van der Waals surface area (Å²) in [6.07, 6.45) is 6.30. The van der Waals surface area contributed by atoms with Gasteiger partial charge in [-0.15, -0.1) is 0 Å². The van der Waals surface area contributed by atoms with Crippen LogP contribution in [0.3, 0.4) is 0 Å². The number of morpholine rings is 1. The van der Waals surface area contributed by atoms with Crippen molar-refractivity contribution < 1.29 is 9.53 Å². The third kappa shape index (κ3) is 3.52. The van der Waals surface area contributed by atoms with Gasteiger partial charge < -0.3 is 4.74 Å². The van der Waals surface area contributed by atoms with E-state index in [0.29, 0.717) is 24.3 Å². The van der Waals surface area contributed by atoms with Crippen molar-refractivity contribution in [2.75, 3.05) is 19.7 Å². The zero-order valence-corrected chi connectivity index (χ0v) is 11.2. The van der Waals surface area contributed by atoms with E-state index < -0.39 is 0 Å². The van der Waals surface area contributed by atoms with E-state index in [4.69, 9.17) is 4.74 Å². The highest BCUT2D eigenvalue weighted by Crippen LogP contribution is 2.25. The average molecular weight is 239 g/mol. The molecular formula is C14H25NO2. The molecule has 0 spiro atoms. The summed E-state index contributed by atoms with van der Waals surface area (Å²) in [6.45, 7) is 6.54. The van der Waals surface area contributed by atoms with Gasteiger partial charge in [0.25, 0.3) is 0 Å². The lowest BCUT2D eigenvalue weighted by molar-refractivity contribution is -0.128. The number of hydrogen-bond donors (Lipinski definition) is 0. The van der Waals surface area contributed by atoms with Crippen LogP contribution in [0.4, 0.5) is 0 Å². The first kappa shape index (κ1) is 13.0. The molecule has 0 radical (unpaired) electrons. The Morgan fingerprint density at radius 1 is 1.24 bits per heavy atom. The van der Waals surface area contributed by atoms with Gasteiger partial charge in [-0.1, -0.05) is 19.3 Å². The second-order valence-corrected chi connectivity index (χ2v) is 5.72. The van der Waals surface area contributed by atoms with Crippen molar-refractivity contribution in [2.45, 2.75) is 58.1 Å². The molecule has 0 aromatic heterocycles. The first-order valence-electron chi connectivity index (χ1n) is 7.05. The smallest absolute Gasteiger partial charge is 0.149 e. The van der Waals surface area contributed by atoms with Gasteiger partial charge >= 0.3 is 0 Å². The van der Waals surface area contributed by atoms with Gasteiger partial charge in [0, 0.05) is 18.5 Å². The van der Waals surface area contributed by atoms with E-state index in [9.17, 15) is 4.79 Å². The number of rotatable bonds is 3. The summed E-state index contributed by atoms with van der Waals surface area (Å²) in [5.74, 6) is 0.805. The van der Waals surface area contributed by atoms with Crippen LogP contribution in [0.15, 0.2) is 0 Å². The highest BCUT2D eigenvalue weighted by Gasteiger charge is 2.28. The molecule has 2 unspecified atom stereocenters. The molecule has 3 heteroatoms. The largest absolute Gasteiger partial charge is 0.376 e. The Kier molecular flexibility index (Phi) is 4.57. The maximum atomic E-state index is 12.2. The highest BCUT2D eigenvalue weighted by molar-refractivity contribution is 5.83. The van der Waals surface area contributed by atoms with Gasteiger partial charge in [0.05, 0.1) is 19.3 Å². The van der Waals surface area contributed by atoms with Crippen LogP contribution >= 0.6 is 0 Å². The Morgan fingerprint density at radius 2 is 1.94 bits per heavy atom.